The molecule has 1 fully saturated rings. The van der Waals surface area contributed by atoms with E-state index in [9.17, 15) is 4.79 Å². The predicted octanol–water partition coefficient (Wildman–Crippen LogP) is 2.57. The van der Waals surface area contributed by atoms with Crippen molar-refractivity contribution >= 4 is 11.7 Å². The number of nitrogens with one attached hydrogen (secondary N) is 1. The van der Waals surface area contributed by atoms with Crippen LogP contribution >= 0.6 is 0 Å². The molecule has 26 heavy (non-hydrogen) atoms. The fourth-order valence-electron chi connectivity index (χ4n) is 2.75. The van der Waals surface area contributed by atoms with Gasteiger partial charge in [-0.05, 0) is 19.1 Å². The second-order valence-corrected chi connectivity index (χ2v) is 5.70. The maximum Gasteiger partial charge on any atom is 0.322 e. The summed E-state index contributed by atoms with van der Waals surface area (Å²) in [6.45, 7) is 3.49. The molecule has 0 bridgehead atoms. The normalized spacial score (nSPS) is 16.2. The molecule has 2 heterocycles. The molecule has 2 amide bonds. The molecular weight excluding hydrogens is 336 g/mol. The number of carbonyl (C=O) groups excluding carboxylic acids is 1. The molecule has 1 unspecified atom stereocenters. The number of hydrogen-bond acceptors (Lipinski definition) is 6. The van der Waals surface area contributed by atoms with Gasteiger partial charge >= 0.3 is 6.03 Å². The van der Waals surface area contributed by atoms with Crippen molar-refractivity contribution in [1.82, 2.24) is 14.9 Å². The number of carbonyl (C=O) groups is 1. The second-order valence-electron chi connectivity index (χ2n) is 5.70. The van der Waals surface area contributed by atoms with E-state index in [0.717, 1.165) is 0 Å². The van der Waals surface area contributed by atoms with Crippen molar-refractivity contribution in [3.05, 3.63) is 36.7 Å². The third-order valence-electron chi connectivity index (χ3n) is 3.97. The largest absolute Gasteiger partial charge is 0.492 e. The zero-order chi connectivity index (χ0) is 18.4. The molecule has 8 nitrogen and oxygen atoms in total. The first-order chi connectivity index (χ1) is 12.7. The smallest absolute Gasteiger partial charge is 0.322 e. The Hall–Kier alpha value is -3.03. The molecule has 1 saturated heterocycles. The van der Waals surface area contributed by atoms with Crippen LogP contribution in [-0.4, -0.2) is 53.8 Å². The van der Waals surface area contributed by atoms with Gasteiger partial charge in [0.1, 0.15) is 11.9 Å². The molecule has 1 N–H and O–H groups in total. The van der Waals surface area contributed by atoms with Gasteiger partial charge in [0.2, 0.25) is 0 Å². The number of urea groups is 1. The molecule has 2 aromatic rings. The maximum absolute atomic E-state index is 12.5. The molecule has 8 heteroatoms. The lowest BCUT2D eigenvalue weighted by Crippen LogP contribution is -2.34. The van der Waals surface area contributed by atoms with Gasteiger partial charge in [-0.15, -0.1) is 0 Å². The molecule has 0 spiro atoms. The number of ether oxygens (including phenoxy) is 3. The number of hydrogen-bond donors (Lipinski definition) is 1. The van der Waals surface area contributed by atoms with Gasteiger partial charge in [-0.3, -0.25) is 0 Å². The minimum Gasteiger partial charge on any atom is -0.492 e. The quantitative estimate of drug-likeness (QED) is 0.854. The topological polar surface area (TPSA) is 85.8 Å². The molecule has 1 aliphatic rings. The summed E-state index contributed by atoms with van der Waals surface area (Å²) in [5, 5.41) is 2.90. The number of nitrogens with zero attached hydrogens (tertiary/aromatic N) is 3. The van der Waals surface area contributed by atoms with Crippen LogP contribution in [-0.2, 0) is 0 Å². The van der Waals surface area contributed by atoms with Crippen LogP contribution in [0, 0.1) is 0 Å². The molecule has 0 radical (unpaired) electrons. The molecule has 138 valence electrons. The number of para-hydroxylation sites is 2. The number of rotatable bonds is 6. The monoisotopic (exact) mass is 358 g/mol. The molecule has 1 aromatic heterocycles. The highest BCUT2D eigenvalue weighted by Crippen LogP contribution is 2.26. The number of likely N-dealkylation sites (tertiary alicyclic amines) is 1. The summed E-state index contributed by atoms with van der Waals surface area (Å²) in [5.74, 6) is 1.32. The SMILES string of the molecule is CCOc1ccccc1NC(=O)N1CCC(Oc2nccnc2OC)C1. The summed E-state index contributed by atoms with van der Waals surface area (Å²) >= 11 is 0. The average Bonchev–Trinajstić information content (AvgIpc) is 3.13. The number of aromatic nitrogens is 2. The lowest BCUT2D eigenvalue weighted by molar-refractivity contribution is 0.182. The van der Waals surface area contributed by atoms with E-state index in [0.29, 0.717) is 49.3 Å². The Morgan fingerprint density at radius 1 is 1.27 bits per heavy atom. The van der Waals surface area contributed by atoms with Crippen LogP contribution < -0.4 is 19.5 Å². The molecule has 1 aliphatic heterocycles. The fraction of sp³-hybridized carbons (Fsp3) is 0.389. The van der Waals surface area contributed by atoms with Crippen molar-refractivity contribution in [2.75, 3.05) is 32.1 Å². The molecular formula is C18H22N4O4. The summed E-state index contributed by atoms with van der Waals surface area (Å²) in [7, 11) is 1.51. The summed E-state index contributed by atoms with van der Waals surface area (Å²) in [6.07, 6.45) is 3.63. The first-order valence-electron chi connectivity index (χ1n) is 8.50. The van der Waals surface area contributed by atoms with Crippen LogP contribution in [0.3, 0.4) is 0 Å². The zero-order valence-corrected chi connectivity index (χ0v) is 14.8. The summed E-state index contributed by atoms with van der Waals surface area (Å²) in [5.41, 5.74) is 0.652. The van der Waals surface area contributed by atoms with Crippen molar-refractivity contribution in [3.63, 3.8) is 0 Å². The van der Waals surface area contributed by atoms with Crippen molar-refractivity contribution in [1.29, 1.82) is 0 Å². The number of benzene rings is 1. The lowest BCUT2D eigenvalue weighted by atomic mass is 10.3. The van der Waals surface area contributed by atoms with Crippen molar-refractivity contribution in [3.8, 4) is 17.5 Å². The molecule has 1 aromatic carbocycles. The van der Waals surface area contributed by atoms with E-state index in [-0.39, 0.29) is 12.1 Å². The van der Waals surface area contributed by atoms with Gasteiger partial charge in [0, 0.05) is 25.4 Å². The van der Waals surface area contributed by atoms with E-state index in [1.54, 1.807) is 11.1 Å². The van der Waals surface area contributed by atoms with Crippen LogP contribution in [0.4, 0.5) is 10.5 Å². The summed E-state index contributed by atoms with van der Waals surface area (Å²) < 4.78 is 16.5. The predicted molar refractivity (Wildman–Crippen MR) is 95.8 cm³/mol. The Morgan fingerprint density at radius 2 is 2.04 bits per heavy atom. The van der Waals surface area contributed by atoms with Crippen LogP contribution in [0.25, 0.3) is 0 Å². The van der Waals surface area contributed by atoms with Gasteiger partial charge in [0.05, 0.1) is 25.9 Å². The Balaban J connectivity index is 1.59. The lowest BCUT2D eigenvalue weighted by Gasteiger charge is -2.19. The summed E-state index contributed by atoms with van der Waals surface area (Å²) in [6, 6.07) is 7.19. The molecule has 3 rings (SSSR count). The van der Waals surface area contributed by atoms with Crippen molar-refractivity contribution in [2.45, 2.75) is 19.4 Å². The van der Waals surface area contributed by atoms with Crippen molar-refractivity contribution < 1.29 is 19.0 Å². The second kappa shape index (κ2) is 8.37. The first kappa shape index (κ1) is 17.8. The van der Waals surface area contributed by atoms with Crippen LogP contribution in [0.1, 0.15) is 13.3 Å². The van der Waals surface area contributed by atoms with E-state index in [1.807, 2.05) is 31.2 Å². The van der Waals surface area contributed by atoms with Crippen LogP contribution in [0.5, 0.6) is 17.5 Å². The van der Waals surface area contributed by atoms with E-state index in [4.69, 9.17) is 14.2 Å². The number of methoxy groups -OCH3 is 1. The molecule has 1 atom stereocenters. The fourth-order valence-corrected chi connectivity index (χ4v) is 2.75. The van der Waals surface area contributed by atoms with Gasteiger partial charge in [-0.2, -0.15) is 0 Å². The summed E-state index contributed by atoms with van der Waals surface area (Å²) in [4.78, 5) is 22.4. The minimum absolute atomic E-state index is 0.159. The van der Waals surface area contributed by atoms with Gasteiger partial charge < -0.3 is 24.4 Å². The van der Waals surface area contributed by atoms with E-state index >= 15 is 0 Å². The maximum atomic E-state index is 12.5. The highest BCUT2D eigenvalue weighted by atomic mass is 16.5. The van der Waals surface area contributed by atoms with E-state index in [2.05, 4.69) is 15.3 Å². The Bertz CT molecular complexity index is 755. The third-order valence-corrected chi connectivity index (χ3v) is 3.97. The standard InChI is InChI=1S/C18H22N4O4/c1-3-25-15-7-5-4-6-14(15)21-18(23)22-11-8-13(12-22)26-17-16(24-2)19-9-10-20-17/h4-7,9-10,13H,3,8,11-12H2,1-2H3,(H,21,23). The van der Waals surface area contributed by atoms with Crippen molar-refractivity contribution in [2.24, 2.45) is 0 Å². The van der Waals surface area contributed by atoms with Gasteiger partial charge in [0.15, 0.2) is 0 Å². The Labute approximate surface area is 152 Å². The number of amides is 2. The van der Waals surface area contributed by atoms with Gasteiger partial charge in [-0.25, -0.2) is 14.8 Å². The Kier molecular flexibility index (Phi) is 5.73. The zero-order valence-electron chi connectivity index (χ0n) is 14.8. The van der Waals surface area contributed by atoms with E-state index < -0.39 is 0 Å². The third kappa shape index (κ3) is 4.14. The minimum atomic E-state index is -0.186. The molecule has 0 saturated carbocycles. The molecule has 0 aliphatic carbocycles. The Morgan fingerprint density at radius 3 is 2.81 bits per heavy atom. The average molecular weight is 358 g/mol. The highest BCUT2D eigenvalue weighted by Gasteiger charge is 2.29. The van der Waals surface area contributed by atoms with Crippen LogP contribution in [0.15, 0.2) is 36.7 Å². The van der Waals surface area contributed by atoms with Gasteiger partial charge in [0.25, 0.3) is 11.8 Å². The van der Waals surface area contributed by atoms with Crippen LogP contribution in [0.2, 0.25) is 0 Å². The van der Waals surface area contributed by atoms with Gasteiger partial charge in [-0.1, -0.05) is 12.1 Å². The van der Waals surface area contributed by atoms with E-state index in [1.165, 1.54) is 13.3 Å². The number of anilines is 1. The first-order valence-corrected chi connectivity index (χ1v) is 8.50. The highest BCUT2D eigenvalue weighted by molar-refractivity contribution is 5.91.